The van der Waals surface area contributed by atoms with Gasteiger partial charge in [-0.2, -0.15) is 0 Å². The van der Waals surface area contributed by atoms with Gasteiger partial charge in [0.15, 0.2) is 0 Å². The van der Waals surface area contributed by atoms with Crippen LogP contribution in [0.3, 0.4) is 0 Å². The Morgan fingerprint density at radius 2 is 1.79 bits per heavy atom. The first-order valence-electron chi connectivity index (χ1n) is 8.43. The molecule has 5 heteroatoms. The Balaban J connectivity index is 1.78. The van der Waals surface area contributed by atoms with Crippen molar-refractivity contribution in [1.29, 1.82) is 0 Å². The molecular weight excluding hydrogens is 302 g/mol. The molecule has 1 saturated heterocycles. The van der Waals surface area contributed by atoms with Gasteiger partial charge in [-0.15, -0.1) is 0 Å². The molecule has 2 aromatic rings. The number of aromatic nitrogens is 1. The van der Waals surface area contributed by atoms with E-state index in [9.17, 15) is 4.79 Å². The van der Waals surface area contributed by atoms with Crippen molar-refractivity contribution in [2.24, 2.45) is 0 Å². The van der Waals surface area contributed by atoms with Gasteiger partial charge in [-0.25, -0.2) is 4.98 Å². The first-order chi connectivity index (χ1) is 11.8. The van der Waals surface area contributed by atoms with E-state index < -0.39 is 0 Å². The number of pyridine rings is 1. The highest BCUT2D eigenvalue weighted by Gasteiger charge is 2.19. The number of hydrogen-bond acceptors (Lipinski definition) is 4. The number of nitrogens with zero attached hydrogens (tertiary/aromatic N) is 2. The van der Waals surface area contributed by atoms with Crippen LogP contribution in [0.15, 0.2) is 42.6 Å². The third-order valence-corrected chi connectivity index (χ3v) is 4.28. The summed E-state index contributed by atoms with van der Waals surface area (Å²) in [4.78, 5) is 19.4. The van der Waals surface area contributed by atoms with Gasteiger partial charge < -0.3 is 15.0 Å². The van der Waals surface area contributed by atoms with Gasteiger partial charge in [-0.1, -0.05) is 12.8 Å². The van der Waals surface area contributed by atoms with Crippen molar-refractivity contribution in [3.63, 3.8) is 0 Å². The molecule has 24 heavy (non-hydrogen) atoms. The van der Waals surface area contributed by atoms with E-state index in [2.05, 4.69) is 15.2 Å². The lowest BCUT2D eigenvalue weighted by Crippen LogP contribution is -2.28. The number of nitrogens with one attached hydrogen (secondary N) is 1. The van der Waals surface area contributed by atoms with E-state index in [-0.39, 0.29) is 5.91 Å². The Labute approximate surface area is 142 Å². The molecule has 1 N–H and O–H groups in total. The fraction of sp³-hybridized carbons (Fsp3) is 0.368. The summed E-state index contributed by atoms with van der Waals surface area (Å²) < 4.78 is 5.14. The zero-order valence-corrected chi connectivity index (χ0v) is 14.0. The van der Waals surface area contributed by atoms with Gasteiger partial charge >= 0.3 is 0 Å². The standard InChI is InChI=1S/C19H23N3O2/c1-24-16-10-8-15(9-11-16)21-19(23)17-7-6-12-20-18(17)22-13-4-2-3-5-14-22/h6-12H,2-5,13-14H2,1H3,(H,21,23). The molecular formula is C19H23N3O2. The molecule has 0 bridgehead atoms. The molecule has 0 unspecified atom stereocenters. The molecule has 126 valence electrons. The minimum absolute atomic E-state index is 0.132. The lowest BCUT2D eigenvalue weighted by Gasteiger charge is -2.23. The van der Waals surface area contributed by atoms with Crippen molar-refractivity contribution in [3.8, 4) is 5.75 Å². The Morgan fingerprint density at radius 1 is 1.08 bits per heavy atom. The number of hydrogen-bond donors (Lipinski definition) is 1. The van der Waals surface area contributed by atoms with Gasteiger partial charge in [-0.3, -0.25) is 4.79 Å². The fourth-order valence-corrected chi connectivity index (χ4v) is 2.98. The summed E-state index contributed by atoms with van der Waals surface area (Å²) in [5, 5.41) is 2.94. The molecule has 1 aliphatic heterocycles. The minimum Gasteiger partial charge on any atom is -0.497 e. The van der Waals surface area contributed by atoms with Crippen LogP contribution in [0.1, 0.15) is 36.0 Å². The summed E-state index contributed by atoms with van der Waals surface area (Å²) >= 11 is 0. The zero-order chi connectivity index (χ0) is 16.8. The van der Waals surface area contributed by atoms with Gasteiger partial charge in [0.05, 0.1) is 12.7 Å². The quantitative estimate of drug-likeness (QED) is 0.931. The smallest absolute Gasteiger partial charge is 0.259 e. The van der Waals surface area contributed by atoms with Crippen LogP contribution in [0.4, 0.5) is 11.5 Å². The molecule has 0 aliphatic carbocycles. The molecule has 1 aromatic heterocycles. The topological polar surface area (TPSA) is 54.5 Å². The molecule has 1 fully saturated rings. The molecule has 1 amide bonds. The maximum absolute atomic E-state index is 12.7. The van der Waals surface area contributed by atoms with Crippen molar-refractivity contribution >= 4 is 17.4 Å². The van der Waals surface area contributed by atoms with Crippen LogP contribution in [0.2, 0.25) is 0 Å². The maximum atomic E-state index is 12.7. The van der Waals surface area contributed by atoms with Gasteiger partial charge in [0.2, 0.25) is 0 Å². The molecule has 1 aromatic carbocycles. The Hall–Kier alpha value is -2.56. The molecule has 0 spiro atoms. The summed E-state index contributed by atoms with van der Waals surface area (Å²) in [6.45, 7) is 1.92. The summed E-state index contributed by atoms with van der Waals surface area (Å²) in [6.07, 6.45) is 6.55. The van der Waals surface area contributed by atoms with Crippen LogP contribution in [-0.4, -0.2) is 31.1 Å². The third-order valence-electron chi connectivity index (χ3n) is 4.28. The van der Waals surface area contributed by atoms with Crippen LogP contribution in [0.25, 0.3) is 0 Å². The van der Waals surface area contributed by atoms with E-state index in [1.165, 1.54) is 12.8 Å². The van der Waals surface area contributed by atoms with E-state index in [4.69, 9.17) is 4.74 Å². The summed E-state index contributed by atoms with van der Waals surface area (Å²) in [5.41, 5.74) is 1.36. The molecule has 0 saturated carbocycles. The monoisotopic (exact) mass is 325 g/mol. The van der Waals surface area contributed by atoms with Gasteiger partial charge in [0, 0.05) is 25.0 Å². The van der Waals surface area contributed by atoms with Gasteiger partial charge in [0.25, 0.3) is 5.91 Å². The normalized spacial score (nSPS) is 14.8. The number of ether oxygens (including phenoxy) is 1. The number of rotatable bonds is 4. The van der Waals surface area contributed by atoms with E-state index in [0.717, 1.165) is 43.2 Å². The van der Waals surface area contributed by atoms with Crippen LogP contribution in [-0.2, 0) is 0 Å². The predicted octanol–water partition coefficient (Wildman–Crippen LogP) is 3.72. The highest BCUT2D eigenvalue weighted by atomic mass is 16.5. The van der Waals surface area contributed by atoms with Crippen molar-refractivity contribution < 1.29 is 9.53 Å². The lowest BCUT2D eigenvalue weighted by molar-refractivity contribution is 0.102. The number of benzene rings is 1. The SMILES string of the molecule is COc1ccc(NC(=O)c2cccnc2N2CCCCCC2)cc1. The molecule has 1 aliphatic rings. The van der Waals surface area contributed by atoms with Crippen LogP contribution in [0, 0.1) is 0 Å². The lowest BCUT2D eigenvalue weighted by atomic mass is 10.2. The van der Waals surface area contributed by atoms with Gasteiger partial charge in [-0.05, 0) is 49.2 Å². The van der Waals surface area contributed by atoms with Crippen molar-refractivity contribution in [2.75, 3.05) is 30.4 Å². The number of carbonyl (C=O) groups is 1. The highest BCUT2D eigenvalue weighted by Crippen LogP contribution is 2.23. The third kappa shape index (κ3) is 3.85. The van der Waals surface area contributed by atoms with E-state index in [1.807, 2.05) is 36.4 Å². The van der Waals surface area contributed by atoms with E-state index in [0.29, 0.717) is 5.56 Å². The van der Waals surface area contributed by atoms with Crippen molar-refractivity contribution in [1.82, 2.24) is 4.98 Å². The van der Waals surface area contributed by atoms with Crippen LogP contribution in [0.5, 0.6) is 5.75 Å². The van der Waals surface area contributed by atoms with Gasteiger partial charge in [0.1, 0.15) is 11.6 Å². The molecule has 0 radical (unpaired) electrons. The summed E-state index contributed by atoms with van der Waals surface area (Å²) in [7, 11) is 1.62. The molecule has 5 nitrogen and oxygen atoms in total. The Morgan fingerprint density at radius 3 is 2.46 bits per heavy atom. The van der Waals surface area contributed by atoms with E-state index >= 15 is 0 Å². The van der Waals surface area contributed by atoms with Crippen molar-refractivity contribution in [2.45, 2.75) is 25.7 Å². The zero-order valence-electron chi connectivity index (χ0n) is 14.0. The van der Waals surface area contributed by atoms with Crippen molar-refractivity contribution in [3.05, 3.63) is 48.2 Å². The second kappa shape index (κ2) is 7.81. The average Bonchev–Trinajstić information content (AvgIpc) is 2.91. The predicted molar refractivity (Wildman–Crippen MR) is 95.9 cm³/mol. The highest BCUT2D eigenvalue weighted by molar-refractivity contribution is 6.07. The molecule has 0 atom stereocenters. The van der Waals surface area contributed by atoms with Crippen LogP contribution >= 0.6 is 0 Å². The Bertz CT molecular complexity index is 677. The largest absolute Gasteiger partial charge is 0.497 e. The average molecular weight is 325 g/mol. The number of methoxy groups -OCH3 is 1. The fourth-order valence-electron chi connectivity index (χ4n) is 2.98. The van der Waals surface area contributed by atoms with Crippen LogP contribution < -0.4 is 15.0 Å². The number of carbonyl (C=O) groups excluding carboxylic acids is 1. The first kappa shape index (κ1) is 16.3. The summed E-state index contributed by atoms with van der Waals surface area (Å²) in [6, 6.07) is 11.0. The number of anilines is 2. The minimum atomic E-state index is -0.132. The summed E-state index contributed by atoms with van der Waals surface area (Å²) in [5.74, 6) is 1.41. The Kier molecular flexibility index (Phi) is 5.31. The molecule has 2 heterocycles. The maximum Gasteiger partial charge on any atom is 0.259 e. The number of amides is 1. The second-order valence-electron chi connectivity index (χ2n) is 5.96. The van der Waals surface area contributed by atoms with E-state index in [1.54, 1.807) is 13.3 Å². The first-order valence-corrected chi connectivity index (χ1v) is 8.43. The second-order valence-corrected chi connectivity index (χ2v) is 5.96. The molecule has 3 rings (SSSR count).